The third-order valence-corrected chi connectivity index (χ3v) is 6.73. The van der Waals surface area contributed by atoms with Crippen molar-refractivity contribution in [2.24, 2.45) is 5.92 Å². The lowest BCUT2D eigenvalue weighted by molar-refractivity contribution is -1.02. The van der Waals surface area contributed by atoms with Crippen LogP contribution in [0.2, 0.25) is 0 Å². The number of hydrogen-bond donors (Lipinski definition) is 3. The summed E-state index contributed by atoms with van der Waals surface area (Å²) < 4.78 is 19.0. The van der Waals surface area contributed by atoms with E-state index in [0.717, 1.165) is 50.5 Å². The Morgan fingerprint density at radius 3 is 2.64 bits per heavy atom. The molecule has 0 bridgehead atoms. The Bertz CT molecular complexity index is 661. The van der Waals surface area contributed by atoms with Gasteiger partial charge in [0.05, 0.1) is 12.7 Å². The van der Waals surface area contributed by atoms with E-state index in [0.29, 0.717) is 12.0 Å². The highest BCUT2D eigenvalue weighted by Crippen LogP contribution is 2.23. The van der Waals surface area contributed by atoms with Gasteiger partial charge in [0.1, 0.15) is 44.3 Å². The molecule has 3 N–H and O–H groups in total. The second-order valence-corrected chi connectivity index (χ2v) is 8.64. The predicted molar refractivity (Wildman–Crippen MR) is 107 cm³/mol. The van der Waals surface area contributed by atoms with E-state index < -0.39 is 0 Å². The average molecular weight is 394 g/mol. The molecule has 1 aliphatic carbocycles. The molecular formula is C22H36FN3O2+2. The van der Waals surface area contributed by atoms with Gasteiger partial charge in [-0.25, -0.2) is 4.39 Å². The van der Waals surface area contributed by atoms with Crippen LogP contribution in [0.15, 0.2) is 18.2 Å². The number of nitrogens with one attached hydrogen (secondary N) is 3. The minimum absolute atomic E-state index is 0.0145. The standard InChI is InChI=1S/C22H34FN3O2/c1-16-6-4-5-7-20(16)24-22(27)17(2)26-12-10-25(11-13-26)15-18-14-19(23)8-9-21(18)28-3/h8-9,14,16-17,20H,4-7,10-13,15H2,1-3H3,(H,24,27)/p+2/t16-,17+,20+/m0/s1. The van der Waals surface area contributed by atoms with Gasteiger partial charge in [-0.3, -0.25) is 4.79 Å². The van der Waals surface area contributed by atoms with E-state index in [4.69, 9.17) is 4.74 Å². The second kappa shape index (κ2) is 9.70. The average Bonchev–Trinajstić information content (AvgIpc) is 2.70. The van der Waals surface area contributed by atoms with Crippen LogP contribution in [0.5, 0.6) is 5.75 Å². The molecule has 1 aliphatic heterocycles. The van der Waals surface area contributed by atoms with Gasteiger partial charge in [0, 0.05) is 6.04 Å². The van der Waals surface area contributed by atoms with E-state index in [1.165, 1.54) is 35.1 Å². The van der Waals surface area contributed by atoms with Gasteiger partial charge >= 0.3 is 0 Å². The van der Waals surface area contributed by atoms with Crippen molar-refractivity contribution in [1.82, 2.24) is 5.32 Å². The maximum absolute atomic E-state index is 13.6. The molecule has 1 aromatic rings. The number of carbonyl (C=O) groups excluding carboxylic acids is 1. The largest absolute Gasteiger partial charge is 0.496 e. The summed E-state index contributed by atoms with van der Waals surface area (Å²) in [7, 11) is 1.63. The Morgan fingerprint density at radius 1 is 1.25 bits per heavy atom. The first-order valence-corrected chi connectivity index (χ1v) is 10.8. The molecule has 3 atom stereocenters. The van der Waals surface area contributed by atoms with Crippen LogP contribution >= 0.6 is 0 Å². The Kier molecular flexibility index (Phi) is 7.30. The number of hydrogen-bond acceptors (Lipinski definition) is 2. The zero-order valence-electron chi connectivity index (χ0n) is 17.5. The molecule has 1 saturated carbocycles. The highest BCUT2D eigenvalue weighted by molar-refractivity contribution is 5.80. The lowest BCUT2D eigenvalue weighted by atomic mass is 9.86. The van der Waals surface area contributed by atoms with Crippen molar-refractivity contribution in [3.8, 4) is 5.75 Å². The molecule has 1 amide bonds. The lowest BCUT2D eigenvalue weighted by Gasteiger charge is -2.35. The van der Waals surface area contributed by atoms with Crippen LogP contribution in [0.25, 0.3) is 0 Å². The highest BCUT2D eigenvalue weighted by atomic mass is 19.1. The summed E-state index contributed by atoms with van der Waals surface area (Å²) in [6.45, 7) is 8.94. The van der Waals surface area contributed by atoms with Gasteiger partial charge in [0.25, 0.3) is 5.91 Å². The fraction of sp³-hybridized carbons (Fsp3) is 0.682. The van der Waals surface area contributed by atoms with E-state index in [2.05, 4.69) is 19.2 Å². The first kappa shape index (κ1) is 21.1. The van der Waals surface area contributed by atoms with Gasteiger partial charge in [0.15, 0.2) is 6.04 Å². The first-order chi connectivity index (χ1) is 13.5. The SMILES string of the molecule is COc1ccc(F)cc1C[NH+]1CC[NH+]([C@H](C)C(=O)N[C@@H]2CCCC[C@@H]2C)CC1. The molecular weight excluding hydrogens is 357 g/mol. The molecule has 0 spiro atoms. The number of methoxy groups -OCH3 is 1. The molecule has 2 fully saturated rings. The topological polar surface area (TPSA) is 47.2 Å². The molecule has 6 heteroatoms. The molecule has 1 heterocycles. The number of ether oxygens (including phenoxy) is 1. The minimum atomic E-state index is -0.221. The number of piperazine rings is 1. The van der Waals surface area contributed by atoms with Crippen LogP contribution in [0.4, 0.5) is 4.39 Å². The summed E-state index contributed by atoms with van der Waals surface area (Å²) >= 11 is 0. The highest BCUT2D eigenvalue weighted by Gasteiger charge is 2.33. The van der Waals surface area contributed by atoms with E-state index in [9.17, 15) is 9.18 Å². The molecule has 2 aliphatic rings. The van der Waals surface area contributed by atoms with E-state index in [-0.39, 0.29) is 17.8 Å². The van der Waals surface area contributed by atoms with Crippen molar-refractivity contribution in [3.05, 3.63) is 29.6 Å². The summed E-state index contributed by atoms with van der Waals surface area (Å²) in [6, 6.07) is 5.04. The molecule has 0 radical (unpaired) electrons. The smallest absolute Gasteiger partial charge is 0.278 e. The summed E-state index contributed by atoms with van der Waals surface area (Å²) in [4.78, 5) is 15.5. The molecule has 1 saturated heterocycles. The number of halogens is 1. The molecule has 3 rings (SSSR count). The Hall–Kier alpha value is -1.66. The van der Waals surface area contributed by atoms with E-state index in [1.807, 2.05) is 0 Å². The predicted octanol–water partition coefficient (Wildman–Crippen LogP) is 0.201. The quantitative estimate of drug-likeness (QED) is 0.647. The van der Waals surface area contributed by atoms with Crippen molar-refractivity contribution in [2.75, 3.05) is 33.3 Å². The fourth-order valence-corrected chi connectivity index (χ4v) is 4.71. The molecule has 28 heavy (non-hydrogen) atoms. The minimum Gasteiger partial charge on any atom is -0.496 e. The van der Waals surface area contributed by atoms with Crippen LogP contribution in [0, 0.1) is 11.7 Å². The Morgan fingerprint density at radius 2 is 1.96 bits per heavy atom. The third kappa shape index (κ3) is 5.23. The van der Waals surface area contributed by atoms with Gasteiger partial charge in [-0.1, -0.05) is 19.8 Å². The van der Waals surface area contributed by atoms with Crippen LogP contribution in [0.1, 0.15) is 45.1 Å². The van der Waals surface area contributed by atoms with Gasteiger partial charge in [-0.15, -0.1) is 0 Å². The van der Waals surface area contributed by atoms with Crippen molar-refractivity contribution >= 4 is 5.91 Å². The van der Waals surface area contributed by atoms with E-state index >= 15 is 0 Å². The van der Waals surface area contributed by atoms with Crippen molar-refractivity contribution in [1.29, 1.82) is 0 Å². The van der Waals surface area contributed by atoms with Crippen molar-refractivity contribution < 1.29 is 23.7 Å². The van der Waals surface area contributed by atoms with Crippen molar-refractivity contribution in [3.63, 3.8) is 0 Å². The first-order valence-electron chi connectivity index (χ1n) is 10.8. The monoisotopic (exact) mass is 393 g/mol. The maximum atomic E-state index is 13.6. The van der Waals surface area contributed by atoms with Gasteiger partial charge in [-0.05, 0) is 43.9 Å². The van der Waals surface area contributed by atoms with Crippen LogP contribution in [-0.4, -0.2) is 51.3 Å². The Labute approximate surface area is 168 Å². The van der Waals surface area contributed by atoms with E-state index in [1.54, 1.807) is 19.2 Å². The second-order valence-electron chi connectivity index (χ2n) is 8.64. The number of amides is 1. The summed E-state index contributed by atoms with van der Waals surface area (Å²) in [5, 5.41) is 3.31. The summed E-state index contributed by atoms with van der Waals surface area (Å²) in [5.41, 5.74) is 0.915. The molecule has 5 nitrogen and oxygen atoms in total. The zero-order valence-corrected chi connectivity index (χ0v) is 17.5. The van der Waals surface area contributed by atoms with Crippen LogP contribution in [0.3, 0.4) is 0 Å². The number of carbonyl (C=O) groups is 1. The Balaban J connectivity index is 1.49. The molecule has 0 unspecified atom stereocenters. The fourth-order valence-electron chi connectivity index (χ4n) is 4.71. The van der Waals surface area contributed by atoms with Gasteiger partial charge in [0.2, 0.25) is 0 Å². The normalized spacial score (nSPS) is 29.1. The zero-order chi connectivity index (χ0) is 20.1. The molecule has 1 aromatic carbocycles. The van der Waals surface area contributed by atoms with Gasteiger partial charge in [-0.2, -0.15) is 0 Å². The van der Waals surface area contributed by atoms with Crippen LogP contribution < -0.4 is 19.9 Å². The summed E-state index contributed by atoms with van der Waals surface area (Å²) in [5.74, 6) is 1.31. The number of rotatable bonds is 6. The third-order valence-electron chi connectivity index (χ3n) is 6.73. The maximum Gasteiger partial charge on any atom is 0.278 e. The molecule has 156 valence electrons. The summed E-state index contributed by atoms with van der Waals surface area (Å²) in [6.07, 6.45) is 4.84. The number of benzene rings is 1. The van der Waals surface area contributed by atoms with Gasteiger partial charge < -0.3 is 19.9 Å². The number of quaternary nitrogens is 2. The molecule has 0 aromatic heterocycles. The lowest BCUT2D eigenvalue weighted by Crippen LogP contribution is -3.29. The van der Waals surface area contributed by atoms with Crippen LogP contribution in [-0.2, 0) is 11.3 Å². The van der Waals surface area contributed by atoms with Crippen molar-refractivity contribution in [2.45, 2.75) is 58.2 Å².